The Morgan fingerprint density at radius 3 is 2.57 bits per heavy atom. The lowest BCUT2D eigenvalue weighted by atomic mass is 10.1. The van der Waals surface area contributed by atoms with Gasteiger partial charge in [-0.25, -0.2) is 4.68 Å². The first kappa shape index (κ1) is 13.9. The maximum atomic E-state index is 12.4. The largest absolute Gasteiger partial charge is 0.307 e. The third kappa shape index (κ3) is 2.99. The molecule has 110 valence electrons. The van der Waals surface area contributed by atoms with E-state index in [1.807, 2.05) is 36.7 Å². The highest BCUT2D eigenvalue weighted by Crippen LogP contribution is 2.40. The summed E-state index contributed by atoms with van der Waals surface area (Å²) in [6, 6.07) is 8.09. The molecular formula is C17H21N3O. The first-order chi connectivity index (χ1) is 10.0. The third-order valence-corrected chi connectivity index (χ3v) is 4.09. The van der Waals surface area contributed by atoms with Gasteiger partial charge in [0.2, 0.25) is 0 Å². The summed E-state index contributed by atoms with van der Waals surface area (Å²) in [4.78, 5) is 12.4. The second kappa shape index (κ2) is 5.35. The van der Waals surface area contributed by atoms with Crippen LogP contribution in [0.3, 0.4) is 0 Å². The normalized spacial score (nSPS) is 15.8. The van der Waals surface area contributed by atoms with Gasteiger partial charge in [-0.1, -0.05) is 17.2 Å². The van der Waals surface area contributed by atoms with E-state index in [9.17, 15) is 4.79 Å². The van der Waals surface area contributed by atoms with Crippen molar-refractivity contribution in [3.63, 3.8) is 0 Å². The molecule has 1 aliphatic rings. The molecule has 3 rings (SSSR count). The zero-order chi connectivity index (χ0) is 15.0. The minimum atomic E-state index is -0.0773. The van der Waals surface area contributed by atoms with E-state index in [0.717, 1.165) is 16.9 Å². The van der Waals surface area contributed by atoms with Crippen LogP contribution in [-0.4, -0.2) is 15.7 Å². The van der Waals surface area contributed by atoms with Crippen LogP contribution in [0.4, 0.5) is 5.82 Å². The van der Waals surface area contributed by atoms with E-state index < -0.39 is 0 Å². The standard InChI is InChI=1S/C17H21N3O/c1-11-8-12(2)10-15(9-11)17(21)19-16-6-7-18-20(16)13(3)14-4-5-14/h6-10,13-14H,4-5H2,1-3H3,(H,19,21). The molecule has 0 saturated heterocycles. The maximum absolute atomic E-state index is 12.4. The monoisotopic (exact) mass is 283 g/mol. The molecule has 21 heavy (non-hydrogen) atoms. The fourth-order valence-electron chi connectivity index (χ4n) is 2.81. The smallest absolute Gasteiger partial charge is 0.256 e. The lowest BCUT2D eigenvalue weighted by Crippen LogP contribution is -2.18. The van der Waals surface area contributed by atoms with Crippen LogP contribution < -0.4 is 5.32 Å². The average molecular weight is 283 g/mol. The van der Waals surface area contributed by atoms with Crippen LogP contribution in [0.2, 0.25) is 0 Å². The van der Waals surface area contributed by atoms with Gasteiger partial charge in [0.25, 0.3) is 5.91 Å². The highest BCUT2D eigenvalue weighted by Gasteiger charge is 2.30. The van der Waals surface area contributed by atoms with Gasteiger partial charge < -0.3 is 5.32 Å². The summed E-state index contributed by atoms with van der Waals surface area (Å²) in [6.07, 6.45) is 4.26. The average Bonchev–Trinajstić information content (AvgIpc) is 3.17. The lowest BCUT2D eigenvalue weighted by Gasteiger charge is -2.15. The Morgan fingerprint density at radius 1 is 1.29 bits per heavy atom. The van der Waals surface area contributed by atoms with Crippen molar-refractivity contribution in [1.82, 2.24) is 9.78 Å². The summed E-state index contributed by atoms with van der Waals surface area (Å²) >= 11 is 0. The van der Waals surface area contributed by atoms with Gasteiger partial charge in [0.05, 0.1) is 12.2 Å². The van der Waals surface area contributed by atoms with Gasteiger partial charge in [-0.2, -0.15) is 5.10 Å². The van der Waals surface area contributed by atoms with Crippen LogP contribution in [0.25, 0.3) is 0 Å². The van der Waals surface area contributed by atoms with Gasteiger partial charge in [0.15, 0.2) is 0 Å². The van der Waals surface area contributed by atoms with Gasteiger partial charge >= 0.3 is 0 Å². The van der Waals surface area contributed by atoms with Crippen LogP contribution in [0.15, 0.2) is 30.5 Å². The summed E-state index contributed by atoms with van der Waals surface area (Å²) in [7, 11) is 0. The summed E-state index contributed by atoms with van der Waals surface area (Å²) in [6.45, 7) is 6.17. The van der Waals surface area contributed by atoms with Crippen LogP contribution in [0.5, 0.6) is 0 Å². The van der Waals surface area contributed by atoms with E-state index in [0.29, 0.717) is 17.5 Å². The minimum absolute atomic E-state index is 0.0773. The molecule has 0 aliphatic heterocycles. The number of anilines is 1. The summed E-state index contributed by atoms with van der Waals surface area (Å²) < 4.78 is 1.93. The summed E-state index contributed by atoms with van der Waals surface area (Å²) in [5, 5.41) is 7.35. The van der Waals surface area contributed by atoms with Crippen molar-refractivity contribution in [1.29, 1.82) is 0 Å². The zero-order valence-electron chi connectivity index (χ0n) is 12.8. The molecule has 0 spiro atoms. The van der Waals surface area contributed by atoms with E-state index in [1.54, 1.807) is 6.20 Å². The predicted octanol–water partition coefficient (Wildman–Crippen LogP) is 3.72. The molecule has 4 heteroatoms. The molecule has 1 saturated carbocycles. The molecule has 1 aromatic carbocycles. The Labute approximate surface area is 125 Å². The summed E-state index contributed by atoms with van der Waals surface area (Å²) in [5.41, 5.74) is 2.89. The fraction of sp³-hybridized carbons (Fsp3) is 0.412. The number of nitrogens with zero attached hydrogens (tertiary/aromatic N) is 2. The molecule has 1 fully saturated rings. The van der Waals surface area contributed by atoms with Gasteiger partial charge in [0.1, 0.15) is 5.82 Å². The third-order valence-electron chi connectivity index (χ3n) is 4.09. The molecule has 2 aromatic rings. The second-order valence-electron chi connectivity index (χ2n) is 6.07. The number of amides is 1. The molecular weight excluding hydrogens is 262 g/mol. The number of aromatic nitrogens is 2. The number of hydrogen-bond donors (Lipinski definition) is 1. The number of rotatable bonds is 4. The number of hydrogen-bond acceptors (Lipinski definition) is 2. The van der Waals surface area contributed by atoms with Crippen molar-refractivity contribution in [2.45, 2.75) is 39.7 Å². The Balaban J connectivity index is 1.80. The zero-order valence-corrected chi connectivity index (χ0v) is 12.8. The molecule has 4 nitrogen and oxygen atoms in total. The molecule has 0 radical (unpaired) electrons. The predicted molar refractivity (Wildman–Crippen MR) is 83.5 cm³/mol. The Kier molecular flexibility index (Phi) is 3.53. The minimum Gasteiger partial charge on any atom is -0.307 e. The van der Waals surface area contributed by atoms with E-state index in [4.69, 9.17) is 0 Å². The SMILES string of the molecule is Cc1cc(C)cc(C(=O)Nc2ccnn2C(C)C2CC2)c1. The Hall–Kier alpha value is -2.10. The van der Waals surface area contributed by atoms with Crippen LogP contribution >= 0.6 is 0 Å². The lowest BCUT2D eigenvalue weighted by molar-refractivity contribution is 0.102. The van der Waals surface area contributed by atoms with Crippen molar-refractivity contribution in [3.05, 3.63) is 47.2 Å². The van der Waals surface area contributed by atoms with Gasteiger partial charge in [-0.15, -0.1) is 0 Å². The van der Waals surface area contributed by atoms with E-state index >= 15 is 0 Å². The molecule has 1 unspecified atom stereocenters. The highest BCUT2D eigenvalue weighted by atomic mass is 16.1. The number of carbonyl (C=O) groups is 1. The highest BCUT2D eigenvalue weighted by molar-refractivity contribution is 6.04. The van der Waals surface area contributed by atoms with Gasteiger partial charge in [0, 0.05) is 11.6 Å². The quantitative estimate of drug-likeness (QED) is 0.929. The number of aryl methyl sites for hydroxylation is 2. The van der Waals surface area contributed by atoms with Crippen molar-refractivity contribution in [2.24, 2.45) is 5.92 Å². The Bertz CT molecular complexity index is 650. The van der Waals surface area contributed by atoms with Crippen molar-refractivity contribution in [2.75, 3.05) is 5.32 Å². The van der Waals surface area contributed by atoms with Crippen molar-refractivity contribution < 1.29 is 4.79 Å². The van der Waals surface area contributed by atoms with E-state index in [2.05, 4.69) is 23.4 Å². The van der Waals surface area contributed by atoms with Gasteiger partial charge in [-0.3, -0.25) is 4.79 Å². The molecule has 1 aromatic heterocycles. The van der Waals surface area contributed by atoms with Gasteiger partial charge in [-0.05, 0) is 51.7 Å². The van der Waals surface area contributed by atoms with E-state index in [1.165, 1.54) is 12.8 Å². The molecule has 1 heterocycles. The first-order valence-corrected chi connectivity index (χ1v) is 7.48. The number of benzene rings is 1. The van der Waals surface area contributed by atoms with Crippen LogP contribution in [-0.2, 0) is 0 Å². The molecule has 1 N–H and O–H groups in total. The molecule has 1 amide bonds. The first-order valence-electron chi connectivity index (χ1n) is 7.48. The van der Waals surface area contributed by atoms with Crippen molar-refractivity contribution >= 4 is 11.7 Å². The number of carbonyl (C=O) groups excluding carboxylic acids is 1. The Morgan fingerprint density at radius 2 is 1.95 bits per heavy atom. The van der Waals surface area contributed by atoms with E-state index in [-0.39, 0.29) is 5.91 Å². The maximum Gasteiger partial charge on any atom is 0.256 e. The summed E-state index contributed by atoms with van der Waals surface area (Å²) in [5.74, 6) is 1.40. The van der Waals surface area contributed by atoms with Crippen LogP contribution in [0.1, 0.15) is 47.3 Å². The fourth-order valence-corrected chi connectivity index (χ4v) is 2.81. The van der Waals surface area contributed by atoms with Crippen LogP contribution in [0, 0.1) is 19.8 Å². The second-order valence-corrected chi connectivity index (χ2v) is 6.07. The topological polar surface area (TPSA) is 46.9 Å². The molecule has 1 atom stereocenters. The number of nitrogens with one attached hydrogen (secondary N) is 1. The molecule has 0 bridgehead atoms. The molecule has 1 aliphatic carbocycles. The van der Waals surface area contributed by atoms with Crippen molar-refractivity contribution in [3.8, 4) is 0 Å².